The van der Waals surface area contributed by atoms with Crippen molar-refractivity contribution in [1.82, 2.24) is 15.2 Å². The van der Waals surface area contributed by atoms with Crippen molar-refractivity contribution in [2.24, 2.45) is 0 Å². The number of hydrogen-bond acceptors (Lipinski definition) is 6. The summed E-state index contributed by atoms with van der Waals surface area (Å²) in [6.07, 6.45) is 0. The third kappa shape index (κ3) is 3.09. The summed E-state index contributed by atoms with van der Waals surface area (Å²) in [6.45, 7) is 4.09. The number of sulfonamides is 1. The molecule has 0 fully saturated rings. The summed E-state index contributed by atoms with van der Waals surface area (Å²) >= 11 is 0. The van der Waals surface area contributed by atoms with Crippen molar-refractivity contribution in [3.8, 4) is 0 Å². The second-order valence-electron chi connectivity index (χ2n) is 4.38. The van der Waals surface area contributed by atoms with Crippen LogP contribution in [0, 0.1) is 13.8 Å². The van der Waals surface area contributed by atoms with Crippen molar-refractivity contribution in [1.29, 1.82) is 0 Å². The molecule has 20 heavy (non-hydrogen) atoms. The minimum absolute atomic E-state index is 0.102. The van der Waals surface area contributed by atoms with Gasteiger partial charge in [0.1, 0.15) is 11.5 Å². The molecule has 0 aliphatic carbocycles. The van der Waals surface area contributed by atoms with E-state index < -0.39 is 10.0 Å². The molecule has 110 valence electrons. The molecule has 0 aromatic carbocycles. The summed E-state index contributed by atoms with van der Waals surface area (Å²) in [5.74, 6) is 1.16. The third-order valence-corrected chi connectivity index (χ3v) is 4.15. The highest BCUT2D eigenvalue weighted by Gasteiger charge is 2.20. The second-order valence-corrected chi connectivity index (χ2v) is 6.08. The lowest BCUT2D eigenvalue weighted by Gasteiger charge is -2.03. The van der Waals surface area contributed by atoms with Gasteiger partial charge in [0, 0.05) is 12.1 Å². The van der Waals surface area contributed by atoms with E-state index in [-0.39, 0.29) is 11.6 Å². The van der Waals surface area contributed by atoms with E-state index >= 15 is 0 Å². The predicted octanol–water partition coefficient (Wildman–Crippen LogP) is 1.08. The van der Waals surface area contributed by atoms with Crippen molar-refractivity contribution >= 4 is 10.0 Å². The SMILES string of the molecule is CNCc1ccc(S(=O)(=O)NCc2c(C)noc2C)o1. The molecule has 8 heteroatoms. The molecule has 0 saturated carbocycles. The van der Waals surface area contributed by atoms with Crippen molar-refractivity contribution in [2.75, 3.05) is 7.05 Å². The zero-order valence-electron chi connectivity index (χ0n) is 11.6. The van der Waals surface area contributed by atoms with E-state index in [0.717, 1.165) is 5.56 Å². The Balaban J connectivity index is 2.11. The third-order valence-electron chi connectivity index (χ3n) is 2.87. The van der Waals surface area contributed by atoms with E-state index in [1.807, 2.05) is 0 Å². The number of furan rings is 1. The average Bonchev–Trinajstić information content (AvgIpc) is 2.97. The van der Waals surface area contributed by atoms with Crippen LogP contribution in [0.2, 0.25) is 0 Å². The van der Waals surface area contributed by atoms with Crippen LogP contribution in [0.25, 0.3) is 0 Å². The first kappa shape index (κ1) is 14.8. The van der Waals surface area contributed by atoms with E-state index in [1.54, 1.807) is 27.0 Å². The van der Waals surface area contributed by atoms with Crippen LogP contribution in [-0.2, 0) is 23.1 Å². The first-order valence-corrected chi connectivity index (χ1v) is 7.57. The smallest absolute Gasteiger partial charge is 0.274 e. The Morgan fingerprint density at radius 3 is 2.60 bits per heavy atom. The van der Waals surface area contributed by atoms with Crippen molar-refractivity contribution in [3.63, 3.8) is 0 Å². The summed E-state index contributed by atoms with van der Waals surface area (Å²) in [7, 11) is -1.92. The van der Waals surface area contributed by atoms with Crippen LogP contribution >= 0.6 is 0 Å². The molecule has 0 radical (unpaired) electrons. The van der Waals surface area contributed by atoms with E-state index in [4.69, 9.17) is 8.94 Å². The minimum Gasteiger partial charge on any atom is -0.447 e. The molecule has 7 nitrogen and oxygen atoms in total. The van der Waals surface area contributed by atoms with Crippen LogP contribution in [-0.4, -0.2) is 20.6 Å². The lowest BCUT2D eigenvalue weighted by molar-refractivity contribution is 0.392. The monoisotopic (exact) mass is 299 g/mol. The predicted molar refractivity (Wildman–Crippen MR) is 71.5 cm³/mol. The second kappa shape index (κ2) is 5.78. The van der Waals surface area contributed by atoms with Gasteiger partial charge in [-0.2, -0.15) is 0 Å². The highest BCUT2D eigenvalue weighted by molar-refractivity contribution is 7.89. The molecular weight excluding hydrogens is 282 g/mol. The molecule has 0 spiro atoms. The molecule has 0 amide bonds. The Kier molecular flexibility index (Phi) is 4.26. The molecule has 0 bridgehead atoms. The molecule has 2 aromatic heterocycles. The van der Waals surface area contributed by atoms with Gasteiger partial charge in [0.15, 0.2) is 0 Å². The summed E-state index contributed by atoms with van der Waals surface area (Å²) < 4.78 is 36.9. The highest BCUT2D eigenvalue weighted by atomic mass is 32.2. The number of rotatable bonds is 6. The molecular formula is C12H17N3O4S. The van der Waals surface area contributed by atoms with E-state index in [9.17, 15) is 8.42 Å². The van der Waals surface area contributed by atoms with Crippen molar-refractivity contribution in [2.45, 2.75) is 32.0 Å². The maximum atomic E-state index is 12.1. The molecule has 2 heterocycles. The van der Waals surface area contributed by atoms with Gasteiger partial charge in [-0.25, -0.2) is 13.1 Å². The largest absolute Gasteiger partial charge is 0.447 e. The summed E-state index contributed by atoms with van der Waals surface area (Å²) in [6, 6.07) is 3.06. The maximum Gasteiger partial charge on any atom is 0.274 e. The highest BCUT2D eigenvalue weighted by Crippen LogP contribution is 2.16. The maximum absolute atomic E-state index is 12.1. The normalized spacial score (nSPS) is 11.9. The van der Waals surface area contributed by atoms with Gasteiger partial charge in [-0.1, -0.05) is 5.16 Å². The number of aromatic nitrogens is 1. The fourth-order valence-corrected chi connectivity index (χ4v) is 2.71. The van der Waals surface area contributed by atoms with Crippen LogP contribution in [0.3, 0.4) is 0 Å². The minimum atomic E-state index is -3.68. The van der Waals surface area contributed by atoms with Crippen LogP contribution in [0.15, 0.2) is 26.2 Å². The fraction of sp³-hybridized carbons (Fsp3) is 0.417. The molecule has 0 atom stereocenters. The van der Waals surface area contributed by atoms with E-state index in [1.165, 1.54) is 6.07 Å². The number of nitrogens with one attached hydrogen (secondary N) is 2. The summed E-state index contributed by atoms with van der Waals surface area (Å²) in [5.41, 5.74) is 1.40. The van der Waals surface area contributed by atoms with E-state index in [0.29, 0.717) is 23.8 Å². The average molecular weight is 299 g/mol. The number of nitrogens with zero attached hydrogens (tertiary/aromatic N) is 1. The van der Waals surface area contributed by atoms with Crippen LogP contribution in [0.1, 0.15) is 22.8 Å². The van der Waals surface area contributed by atoms with Crippen LogP contribution in [0.5, 0.6) is 0 Å². The van der Waals surface area contributed by atoms with Crippen molar-refractivity contribution < 1.29 is 17.4 Å². The number of hydrogen-bond donors (Lipinski definition) is 2. The van der Waals surface area contributed by atoms with Gasteiger partial charge in [-0.15, -0.1) is 0 Å². The van der Waals surface area contributed by atoms with Gasteiger partial charge < -0.3 is 14.3 Å². The Bertz CT molecular complexity index is 668. The van der Waals surface area contributed by atoms with Gasteiger partial charge in [-0.3, -0.25) is 0 Å². The van der Waals surface area contributed by atoms with Crippen LogP contribution < -0.4 is 10.0 Å². The molecule has 0 aliphatic rings. The Morgan fingerprint density at radius 2 is 2.00 bits per heavy atom. The van der Waals surface area contributed by atoms with Gasteiger partial charge in [0.2, 0.25) is 5.09 Å². The Labute approximate surface area is 117 Å². The first-order valence-electron chi connectivity index (χ1n) is 6.09. The first-order chi connectivity index (χ1) is 9.44. The molecule has 2 rings (SSSR count). The fourth-order valence-electron chi connectivity index (χ4n) is 1.76. The zero-order chi connectivity index (χ0) is 14.8. The van der Waals surface area contributed by atoms with Crippen molar-refractivity contribution in [3.05, 3.63) is 34.9 Å². The Hall–Kier alpha value is -1.64. The molecule has 0 unspecified atom stereocenters. The Morgan fingerprint density at radius 1 is 1.25 bits per heavy atom. The number of aryl methyl sites for hydroxylation is 2. The van der Waals surface area contributed by atoms with Gasteiger partial charge in [-0.05, 0) is 33.0 Å². The quantitative estimate of drug-likeness (QED) is 0.828. The summed E-state index contributed by atoms with van der Waals surface area (Å²) in [5, 5.41) is 6.56. The lowest BCUT2D eigenvalue weighted by atomic mass is 10.2. The molecule has 2 aromatic rings. The molecule has 2 N–H and O–H groups in total. The van der Waals surface area contributed by atoms with Crippen LogP contribution in [0.4, 0.5) is 0 Å². The standard InChI is InChI=1S/C12H17N3O4S/c1-8-11(9(2)19-15-8)7-14-20(16,17)12-5-4-10(18-12)6-13-3/h4-5,13-14H,6-7H2,1-3H3. The molecule has 0 saturated heterocycles. The lowest BCUT2D eigenvalue weighted by Crippen LogP contribution is -2.23. The topological polar surface area (TPSA) is 97.4 Å². The molecule has 0 aliphatic heterocycles. The van der Waals surface area contributed by atoms with E-state index in [2.05, 4.69) is 15.2 Å². The van der Waals surface area contributed by atoms with Gasteiger partial charge in [0.05, 0.1) is 12.2 Å². The van der Waals surface area contributed by atoms with Gasteiger partial charge in [0.25, 0.3) is 10.0 Å². The summed E-state index contributed by atoms with van der Waals surface area (Å²) in [4.78, 5) is 0. The zero-order valence-corrected chi connectivity index (χ0v) is 12.4. The van der Waals surface area contributed by atoms with Gasteiger partial charge >= 0.3 is 0 Å².